The number of amides is 1. The number of aryl methyl sites for hydroxylation is 1. The van der Waals surface area contributed by atoms with Crippen molar-refractivity contribution < 1.29 is 18.1 Å². The molecule has 2 aliphatic rings. The van der Waals surface area contributed by atoms with Crippen LogP contribution < -0.4 is 9.77 Å². The highest BCUT2D eigenvalue weighted by Gasteiger charge is 2.33. The molecule has 2 aliphatic heterocycles. The molecule has 2 aromatic rings. The summed E-state index contributed by atoms with van der Waals surface area (Å²) in [5, 5.41) is 11.6. The van der Waals surface area contributed by atoms with Crippen LogP contribution in [0.4, 0.5) is 11.4 Å². The number of benzene rings is 1. The Morgan fingerprint density at radius 1 is 1.12 bits per heavy atom. The first-order valence-corrected chi connectivity index (χ1v) is 12.5. The number of nitrogens with zero attached hydrogens (tertiary/aromatic N) is 4. The van der Waals surface area contributed by atoms with Crippen LogP contribution in [0.25, 0.3) is 0 Å². The average Bonchev–Trinajstić information content (AvgIpc) is 3.42. The maximum atomic E-state index is 13.0. The molecule has 1 aromatic heterocycles. The first-order chi connectivity index (χ1) is 15.2. The number of sulfonamides is 1. The normalized spacial score (nSPS) is 17.7. The molecule has 0 bridgehead atoms. The van der Waals surface area contributed by atoms with E-state index in [0.29, 0.717) is 22.7 Å². The lowest BCUT2D eigenvalue weighted by Crippen LogP contribution is -2.50. The third-order valence-corrected chi connectivity index (χ3v) is 9.23. The predicted molar refractivity (Wildman–Crippen MR) is 119 cm³/mol. The second-order valence-electron chi connectivity index (χ2n) is 7.78. The van der Waals surface area contributed by atoms with E-state index in [2.05, 4.69) is 4.98 Å². The summed E-state index contributed by atoms with van der Waals surface area (Å²) in [5.41, 5.74) is 0.914. The van der Waals surface area contributed by atoms with Crippen LogP contribution in [-0.4, -0.2) is 72.7 Å². The summed E-state index contributed by atoms with van der Waals surface area (Å²) < 4.78 is 26.9. The lowest BCUT2D eigenvalue weighted by atomic mass is 10.1. The standard InChI is InChI=1S/C19H23N5O6S2/c1-13-18(31-19(26)20-13)32(29,30)23-10-8-22(9-11-23)17(25)14-4-5-15(16(12-14)24(27)28)21-6-2-3-7-21/h4-5,12H,2-3,6-11H2,1H3,(H,20,26). The van der Waals surface area contributed by atoms with Gasteiger partial charge in [-0.05, 0) is 31.9 Å². The van der Waals surface area contributed by atoms with Crippen molar-refractivity contribution in [2.75, 3.05) is 44.2 Å². The summed E-state index contributed by atoms with van der Waals surface area (Å²) in [7, 11) is -3.83. The third-order valence-electron chi connectivity index (χ3n) is 5.75. The van der Waals surface area contributed by atoms with Crippen molar-refractivity contribution >= 4 is 38.6 Å². The summed E-state index contributed by atoms with van der Waals surface area (Å²) in [6, 6.07) is 4.51. The molecule has 11 nitrogen and oxygen atoms in total. The quantitative estimate of drug-likeness (QED) is 0.503. The maximum Gasteiger partial charge on any atom is 0.305 e. The fourth-order valence-corrected chi connectivity index (χ4v) is 6.95. The number of carbonyl (C=O) groups is 1. The van der Waals surface area contributed by atoms with Gasteiger partial charge < -0.3 is 14.8 Å². The molecule has 0 saturated carbocycles. The van der Waals surface area contributed by atoms with Gasteiger partial charge in [0, 0.05) is 56.6 Å². The molecule has 0 unspecified atom stereocenters. The Labute approximate surface area is 188 Å². The van der Waals surface area contributed by atoms with Crippen molar-refractivity contribution in [1.29, 1.82) is 0 Å². The van der Waals surface area contributed by atoms with Crippen molar-refractivity contribution in [3.05, 3.63) is 49.2 Å². The molecule has 0 aliphatic carbocycles. The minimum Gasteiger partial charge on any atom is -0.366 e. The highest BCUT2D eigenvalue weighted by molar-refractivity contribution is 7.91. The van der Waals surface area contributed by atoms with Crippen molar-refractivity contribution in [2.24, 2.45) is 0 Å². The molecule has 172 valence electrons. The largest absolute Gasteiger partial charge is 0.366 e. The molecule has 0 spiro atoms. The molecule has 32 heavy (non-hydrogen) atoms. The Balaban J connectivity index is 1.49. The smallest absolute Gasteiger partial charge is 0.305 e. The topological polar surface area (TPSA) is 137 Å². The highest BCUT2D eigenvalue weighted by Crippen LogP contribution is 2.32. The third kappa shape index (κ3) is 4.14. The highest BCUT2D eigenvalue weighted by atomic mass is 32.2. The Morgan fingerprint density at radius 2 is 1.78 bits per heavy atom. The van der Waals surface area contributed by atoms with Gasteiger partial charge in [-0.25, -0.2) is 8.42 Å². The Kier molecular flexibility index (Phi) is 6.05. The number of H-pyrrole nitrogens is 1. The van der Waals surface area contributed by atoms with E-state index >= 15 is 0 Å². The number of hydrogen-bond acceptors (Lipinski definition) is 8. The number of nitrogens with one attached hydrogen (secondary N) is 1. The van der Waals surface area contributed by atoms with E-state index in [1.165, 1.54) is 22.2 Å². The fraction of sp³-hybridized carbons (Fsp3) is 0.474. The SMILES string of the molecule is Cc1[nH]c(=O)sc1S(=O)(=O)N1CCN(C(=O)c2ccc(N3CCCC3)c([N+](=O)[O-])c2)CC1. The Morgan fingerprint density at radius 3 is 2.34 bits per heavy atom. The maximum absolute atomic E-state index is 13.0. The average molecular weight is 482 g/mol. The number of thiazole rings is 1. The van der Waals surface area contributed by atoms with E-state index in [9.17, 15) is 28.1 Å². The number of nitro benzene ring substituents is 1. The molecule has 2 fully saturated rings. The minimum atomic E-state index is -3.83. The lowest BCUT2D eigenvalue weighted by molar-refractivity contribution is -0.384. The van der Waals surface area contributed by atoms with E-state index in [1.54, 1.807) is 12.1 Å². The summed E-state index contributed by atoms with van der Waals surface area (Å²) in [5.74, 6) is -0.374. The van der Waals surface area contributed by atoms with Gasteiger partial charge in [-0.2, -0.15) is 4.31 Å². The molecule has 3 heterocycles. The number of aromatic nitrogens is 1. The van der Waals surface area contributed by atoms with E-state index in [1.807, 2.05) is 4.90 Å². The lowest BCUT2D eigenvalue weighted by Gasteiger charge is -2.33. The summed E-state index contributed by atoms with van der Waals surface area (Å²) >= 11 is 0.646. The molecule has 0 atom stereocenters. The van der Waals surface area contributed by atoms with Crippen LogP contribution in [0, 0.1) is 17.0 Å². The molecule has 1 N–H and O–H groups in total. The van der Waals surface area contributed by atoms with E-state index < -0.39 is 19.8 Å². The van der Waals surface area contributed by atoms with Gasteiger partial charge in [0.2, 0.25) is 0 Å². The minimum absolute atomic E-state index is 0.0181. The van der Waals surface area contributed by atoms with Gasteiger partial charge in [-0.3, -0.25) is 19.7 Å². The van der Waals surface area contributed by atoms with Crippen LogP contribution >= 0.6 is 11.3 Å². The van der Waals surface area contributed by atoms with E-state index in [4.69, 9.17) is 0 Å². The number of piperazine rings is 1. The Bertz CT molecular complexity index is 1210. The van der Waals surface area contributed by atoms with E-state index in [-0.39, 0.29) is 47.5 Å². The molecular formula is C19H23N5O6S2. The van der Waals surface area contributed by atoms with Crippen molar-refractivity contribution in [2.45, 2.75) is 24.0 Å². The number of aromatic amines is 1. The first-order valence-electron chi connectivity index (χ1n) is 10.2. The number of hydrogen-bond donors (Lipinski definition) is 1. The molecule has 1 aromatic carbocycles. The van der Waals surface area contributed by atoms with Gasteiger partial charge in [0.1, 0.15) is 5.69 Å². The molecule has 13 heteroatoms. The van der Waals surface area contributed by atoms with Gasteiger partial charge in [-0.1, -0.05) is 11.3 Å². The summed E-state index contributed by atoms with van der Waals surface area (Å²) in [4.78, 5) is 41.1. The summed E-state index contributed by atoms with van der Waals surface area (Å²) in [6.45, 7) is 3.49. The van der Waals surface area contributed by atoms with Gasteiger partial charge >= 0.3 is 4.87 Å². The van der Waals surface area contributed by atoms with E-state index in [0.717, 1.165) is 25.9 Å². The van der Waals surface area contributed by atoms with Crippen molar-refractivity contribution in [1.82, 2.24) is 14.2 Å². The van der Waals surface area contributed by atoms with Crippen molar-refractivity contribution in [3.8, 4) is 0 Å². The van der Waals surface area contributed by atoms with Crippen LogP contribution in [0.5, 0.6) is 0 Å². The molecular weight excluding hydrogens is 458 g/mol. The van der Waals surface area contributed by atoms with Crippen LogP contribution in [0.1, 0.15) is 28.9 Å². The zero-order chi connectivity index (χ0) is 23.0. The van der Waals surface area contributed by atoms with Gasteiger partial charge in [0.15, 0.2) is 4.21 Å². The second kappa shape index (κ2) is 8.64. The number of carbonyl (C=O) groups excluding carboxylic acids is 1. The first kappa shape index (κ1) is 22.4. The molecule has 1 amide bonds. The number of anilines is 1. The van der Waals surface area contributed by atoms with Crippen LogP contribution in [0.2, 0.25) is 0 Å². The number of rotatable bonds is 5. The van der Waals surface area contributed by atoms with Gasteiger partial charge in [-0.15, -0.1) is 0 Å². The second-order valence-corrected chi connectivity index (χ2v) is 10.9. The molecule has 0 radical (unpaired) electrons. The van der Waals surface area contributed by atoms with Crippen molar-refractivity contribution in [3.63, 3.8) is 0 Å². The zero-order valence-corrected chi connectivity index (χ0v) is 19.1. The molecule has 4 rings (SSSR count). The van der Waals surface area contributed by atoms with Crippen LogP contribution in [0.15, 0.2) is 27.2 Å². The van der Waals surface area contributed by atoms with Crippen LogP contribution in [-0.2, 0) is 10.0 Å². The van der Waals surface area contributed by atoms with Gasteiger partial charge in [0.25, 0.3) is 21.6 Å². The van der Waals surface area contributed by atoms with Crippen LogP contribution in [0.3, 0.4) is 0 Å². The monoisotopic (exact) mass is 481 g/mol. The van der Waals surface area contributed by atoms with Gasteiger partial charge in [0.05, 0.1) is 4.92 Å². The summed E-state index contributed by atoms with van der Waals surface area (Å²) in [6.07, 6.45) is 1.95. The zero-order valence-electron chi connectivity index (χ0n) is 17.4. The predicted octanol–water partition coefficient (Wildman–Crippen LogP) is 1.40. The Hall–Kier alpha value is -2.77. The molecule has 2 saturated heterocycles. The number of nitro groups is 1. The fourth-order valence-electron chi connectivity index (χ4n) is 4.10.